The van der Waals surface area contributed by atoms with E-state index in [-0.39, 0.29) is 0 Å². The molecular weight excluding hydrogens is 299 g/mol. The van der Waals surface area contributed by atoms with Gasteiger partial charge in [-0.15, -0.1) is 0 Å². The van der Waals surface area contributed by atoms with Gasteiger partial charge in [-0.3, -0.25) is 0 Å². The van der Waals surface area contributed by atoms with Crippen LogP contribution < -0.4 is 0 Å². The van der Waals surface area contributed by atoms with E-state index in [2.05, 4.69) is 16.9 Å². The van der Waals surface area contributed by atoms with Crippen LogP contribution in [0.2, 0.25) is 10.3 Å². The standard InChI is InChI=1S/C14H14Cl2N2S/c1-2-3-9-11-12(15)17-14(18-13(11)16)19-10-7-5-4-6-8-10/h4-8H,2-3,9H2,1H3. The SMILES string of the molecule is CCCCc1c(Cl)nc(Sc2ccccc2)nc1Cl. The average Bonchev–Trinajstić information content (AvgIpc) is 2.39. The molecule has 0 spiro atoms. The van der Waals surface area contributed by atoms with E-state index >= 15 is 0 Å². The van der Waals surface area contributed by atoms with Crippen molar-refractivity contribution in [1.29, 1.82) is 0 Å². The molecule has 0 saturated carbocycles. The van der Waals surface area contributed by atoms with E-state index in [0.29, 0.717) is 15.5 Å². The third-order valence-electron chi connectivity index (χ3n) is 2.62. The highest BCUT2D eigenvalue weighted by atomic mass is 35.5. The van der Waals surface area contributed by atoms with Crippen LogP contribution in [0.15, 0.2) is 40.4 Å². The predicted molar refractivity (Wildman–Crippen MR) is 81.2 cm³/mol. The molecule has 0 aliphatic carbocycles. The van der Waals surface area contributed by atoms with E-state index in [0.717, 1.165) is 29.7 Å². The Morgan fingerprint density at radius 3 is 2.26 bits per heavy atom. The van der Waals surface area contributed by atoms with E-state index < -0.39 is 0 Å². The summed E-state index contributed by atoms with van der Waals surface area (Å²) in [5.74, 6) is 0. The monoisotopic (exact) mass is 312 g/mol. The minimum atomic E-state index is 0.465. The molecule has 5 heteroatoms. The van der Waals surface area contributed by atoms with Crippen molar-refractivity contribution in [2.45, 2.75) is 36.2 Å². The Kier molecular flexibility index (Phi) is 5.49. The fraction of sp³-hybridized carbons (Fsp3) is 0.286. The molecular formula is C14H14Cl2N2S. The molecule has 0 fully saturated rings. The first-order chi connectivity index (χ1) is 9.20. The highest BCUT2D eigenvalue weighted by Gasteiger charge is 2.12. The second kappa shape index (κ2) is 7.13. The molecule has 1 heterocycles. The van der Waals surface area contributed by atoms with Gasteiger partial charge >= 0.3 is 0 Å². The van der Waals surface area contributed by atoms with Crippen molar-refractivity contribution in [2.75, 3.05) is 0 Å². The van der Waals surface area contributed by atoms with Gasteiger partial charge in [0.15, 0.2) is 5.16 Å². The van der Waals surface area contributed by atoms with Crippen LogP contribution in [-0.4, -0.2) is 9.97 Å². The minimum absolute atomic E-state index is 0.465. The van der Waals surface area contributed by atoms with Crippen molar-refractivity contribution < 1.29 is 0 Å². The predicted octanol–water partition coefficient (Wildman–Crippen LogP) is 5.28. The molecule has 0 aliphatic heterocycles. The second-order valence-corrected chi connectivity index (χ2v) is 5.84. The lowest BCUT2D eigenvalue weighted by atomic mass is 10.1. The number of nitrogens with zero attached hydrogens (tertiary/aromatic N) is 2. The molecule has 0 saturated heterocycles. The quantitative estimate of drug-likeness (QED) is 0.555. The molecule has 0 atom stereocenters. The van der Waals surface area contributed by atoms with Crippen molar-refractivity contribution in [3.63, 3.8) is 0 Å². The zero-order valence-electron chi connectivity index (χ0n) is 10.6. The normalized spacial score (nSPS) is 10.7. The van der Waals surface area contributed by atoms with Crippen molar-refractivity contribution >= 4 is 35.0 Å². The third kappa shape index (κ3) is 4.10. The first kappa shape index (κ1) is 14.6. The van der Waals surface area contributed by atoms with Crippen LogP contribution in [0.25, 0.3) is 0 Å². The molecule has 0 unspecified atom stereocenters. The van der Waals surface area contributed by atoms with E-state index in [1.165, 1.54) is 11.8 Å². The Bertz CT molecular complexity index is 523. The first-order valence-corrected chi connectivity index (χ1v) is 7.72. The molecule has 100 valence electrons. The van der Waals surface area contributed by atoms with Crippen molar-refractivity contribution in [3.05, 3.63) is 46.2 Å². The Morgan fingerprint density at radius 1 is 1.05 bits per heavy atom. The number of hydrogen-bond donors (Lipinski definition) is 0. The fourth-order valence-electron chi connectivity index (χ4n) is 1.61. The van der Waals surface area contributed by atoms with E-state index in [1.807, 2.05) is 30.3 Å². The van der Waals surface area contributed by atoms with Gasteiger partial charge in [-0.05, 0) is 36.7 Å². The molecule has 0 radical (unpaired) electrons. The molecule has 0 aliphatic rings. The number of unbranched alkanes of at least 4 members (excludes halogenated alkanes) is 1. The number of halogens is 2. The van der Waals surface area contributed by atoms with Crippen LogP contribution in [0.5, 0.6) is 0 Å². The maximum atomic E-state index is 6.19. The Morgan fingerprint density at radius 2 is 1.68 bits per heavy atom. The van der Waals surface area contributed by atoms with Gasteiger partial charge in [-0.2, -0.15) is 0 Å². The average molecular weight is 313 g/mol. The van der Waals surface area contributed by atoms with Gasteiger partial charge in [0.05, 0.1) is 0 Å². The molecule has 19 heavy (non-hydrogen) atoms. The van der Waals surface area contributed by atoms with Crippen molar-refractivity contribution in [3.8, 4) is 0 Å². The van der Waals surface area contributed by atoms with Gasteiger partial charge < -0.3 is 0 Å². The van der Waals surface area contributed by atoms with E-state index in [9.17, 15) is 0 Å². The van der Waals surface area contributed by atoms with Crippen LogP contribution in [-0.2, 0) is 6.42 Å². The summed E-state index contributed by atoms with van der Waals surface area (Å²) in [4.78, 5) is 9.70. The van der Waals surface area contributed by atoms with Crippen LogP contribution in [0.1, 0.15) is 25.3 Å². The number of hydrogen-bond acceptors (Lipinski definition) is 3. The maximum Gasteiger partial charge on any atom is 0.195 e. The number of aromatic nitrogens is 2. The second-order valence-electron chi connectivity index (χ2n) is 4.09. The summed E-state index contributed by atoms with van der Waals surface area (Å²) in [6, 6.07) is 9.92. The Balaban J connectivity index is 2.20. The number of benzene rings is 1. The molecule has 1 aromatic heterocycles. The van der Waals surface area contributed by atoms with Gasteiger partial charge in [0.25, 0.3) is 0 Å². The van der Waals surface area contributed by atoms with Gasteiger partial charge in [-0.1, -0.05) is 54.7 Å². The summed E-state index contributed by atoms with van der Waals surface area (Å²) in [7, 11) is 0. The van der Waals surface area contributed by atoms with E-state index in [4.69, 9.17) is 23.2 Å². The van der Waals surface area contributed by atoms with E-state index in [1.54, 1.807) is 0 Å². The molecule has 2 rings (SSSR count). The molecule has 0 bridgehead atoms. The molecule has 2 nitrogen and oxygen atoms in total. The Hall–Kier alpha value is -0.770. The Labute approximate surface area is 127 Å². The topological polar surface area (TPSA) is 25.8 Å². The van der Waals surface area contributed by atoms with Gasteiger partial charge in [0.1, 0.15) is 10.3 Å². The summed E-state index contributed by atoms with van der Waals surface area (Å²) in [5.41, 5.74) is 0.850. The van der Waals surface area contributed by atoms with Crippen LogP contribution in [0.3, 0.4) is 0 Å². The smallest absolute Gasteiger partial charge is 0.195 e. The zero-order chi connectivity index (χ0) is 13.7. The lowest BCUT2D eigenvalue weighted by molar-refractivity contribution is 0.780. The lowest BCUT2D eigenvalue weighted by Crippen LogP contribution is -1.97. The summed E-state index contributed by atoms with van der Waals surface area (Å²) >= 11 is 13.8. The molecule has 0 amide bonds. The van der Waals surface area contributed by atoms with Crippen molar-refractivity contribution in [1.82, 2.24) is 9.97 Å². The fourth-order valence-corrected chi connectivity index (χ4v) is 3.07. The lowest BCUT2D eigenvalue weighted by Gasteiger charge is -2.07. The molecule has 0 N–H and O–H groups in total. The third-order valence-corrected chi connectivity index (χ3v) is 4.12. The largest absolute Gasteiger partial charge is 0.210 e. The maximum absolute atomic E-state index is 6.19. The summed E-state index contributed by atoms with van der Waals surface area (Å²) < 4.78 is 0. The number of rotatable bonds is 5. The summed E-state index contributed by atoms with van der Waals surface area (Å²) in [6.45, 7) is 2.13. The van der Waals surface area contributed by atoms with Crippen LogP contribution in [0.4, 0.5) is 0 Å². The highest BCUT2D eigenvalue weighted by molar-refractivity contribution is 7.99. The molecule has 1 aromatic carbocycles. The first-order valence-electron chi connectivity index (χ1n) is 6.15. The van der Waals surface area contributed by atoms with Crippen molar-refractivity contribution in [2.24, 2.45) is 0 Å². The van der Waals surface area contributed by atoms with Gasteiger partial charge in [-0.25, -0.2) is 9.97 Å². The van der Waals surface area contributed by atoms with Crippen LogP contribution in [0, 0.1) is 0 Å². The highest BCUT2D eigenvalue weighted by Crippen LogP contribution is 2.30. The van der Waals surface area contributed by atoms with Crippen LogP contribution >= 0.6 is 35.0 Å². The minimum Gasteiger partial charge on any atom is -0.210 e. The zero-order valence-corrected chi connectivity index (χ0v) is 12.9. The molecule has 2 aromatic rings. The summed E-state index contributed by atoms with van der Waals surface area (Å²) in [5, 5.41) is 1.51. The van der Waals surface area contributed by atoms with Gasteiger partial charge in [0, 0.05) is 10.5 Å². The summed E-state index contributed by atoms with van der Waals surface area (Å²) in [6.07, 6.45) is 2.95. The van der Waals surface area contributed by atoms with Gasteiger partial charge in [0.2, 0.25) is 0 Å².